The van der Waals surface area contributed by atoms with Crippen LogP contribution in [0.4, 0.5) is 5.69 Å². The van der Waals surface area contributed by atoms with Gasteiger partial charge in [0.2, 0.25) is 0 Å². The molecule has 0 atom stereocenters. The molecule has 0 bridgehead atoms. The summed E-state index contributed by atoms with van der Waals surface area (Å²) >= 11 is 0. The monoisotopic (exact) mass is 302 g/mol. The number of hydrogen-bond acceptors (Lipinski definition) is 2. The van der Waals surface area contributed by atoms with E-state index in [1.54, 1.807) is 0 Å². The Bertz CT molecular complexity index is 682. The van der Waals surface area contributed by atoms with Gasteiger partial charge in [-0.3, -0.25) is 0 Å². The van der Waals surface area contributed by atoms with Gasteiger partial charge in [0.1, 0.15) is 0 Å². The molecule has 0 aliphatic heterocycles. The molecular weight excluding hydrogens is 280 g/mol. The van der Waals surface area contributed by atoms with Gasteiger partial charge in [-0.25, -0.2) is 0 Å². The molecule has 2 heteroatoms. The normalized spacial score (nSPS) is 10.5. The molecule has 0 saturated heterocycles. The van der Waals surface area contributed by atoms with E-state index in [2.05, 4.69) is 89.8 Å². The van der Waals surface area contributed by atoms with Crippen LogP contribution < -0.4 is 10.6 Å². The average Bonchev–Trinajstić information content (AvgIpc) is 2.63. The van der Waals surface area contributed by atoms with Crippen LogP contribution in [0.15, 0.2) is 84.9 Å². The highest BCUT2D eigenvalue weighted by Gasteiger charge is 2.09. The number of anilines is 1. The van der Waals surface area contributed by atoms with Crippen LogP contribution in [-0.2, 0) is 19.6 Å². The lowest BCUT2D eigenvalue weighted by Gasteiger charge is -2.26. The van der Waals surface area contributed by atoms with E-state index in [1.807, 2.05) is 0 Å². The van der Waals surface area contributed by atoms with Crippen molar-refractivity contribution in [1.82, 2.24) is 0 Å². The number of benzene rings is 3. The third-order valence-corrected chi connectivity index (χ3v) is 3.94. The van der Waals surface area contributed by atoms with Crippen LogP contribution in [0.25, 0.3) is 0 Å². The van der Waals surface area contributed by atoms with Crippen LogP contribution in [0.2, 0.25) is 0 Å². The van der Waals surface area contributed by atoms with E-state index in [4.69, 9.17) is 5.73 Å². The lowest BCUT2D eigenvalue weighted by Crippen LogP contribution is -2.22. The Labute approximate surface area is 138 Å². The van der Waals surface area contributed by atoms with Crippen LogP contribution in [0.5, 0.6) is 0 Å². The first-order chi connectivity index (χ1) is 11.3. The second-order valence-corrected chi connectivity index (χ2v) is 5.70. The van der Waals surface area contributed by atoms with Crippen LogP contribution in [0.1, 0.15) is 16.7 Å². The molecule has 0 saturated carbocycles. The Kier molecular flexibility index (Phi) is 5.07. The summed E-state index contributed by atoms with van der Waals surface area (Å²) in [5.41, 5.74) is 10.8. The SMILES string of the molecule is NCc1cccc(N(Cc2ccccc2)Cc2ccccc2)c1. The zero-order valence-corrected chi connectivity index (χ0v) is 13.2. The van der Waals surface area contributed by atoms with Gasteiger partial charge in [0.15, 0.2) is 0 Å². The van der Waals surface area contributed by atoms with Crippen molar-refractivity contribution in [3.05, 3.63) is 102 Å². The Morgan fingerprint density at radius 3 is 1.65 bits per heavy atom. The third kappa shape index (κ3) is 4.21. The topological polar surface area (TPSA) is 29.3 Å². The molecule has 0 heterocycles. The molecule has 0 fully saturated rings. The minimum Gasteiger partial charge on any atom is -0.363 e. The summed E-state index contributed by atoms with van der Waals surface area (Å²) in [6.07, 6.45) is 0. The van der Waals surface area contributed by atoms with E-state index < -0.39 is 0 Å². The molecule has 0 aromatic heterocycles. The molecule has 23 heavy (non-hydrogen) atoms. The van der Waals surface area contributed by atoms with Gasteiger partial charge in [0.05, 0.1) is 0 Å². The smallest absolute Gasteiger partial charge is 0.0433 e. The Hall–Kier alpha value is -2.58. The predicted molar refractivity (Wildman–Crippen MR) is 97.1 cm³/mol. The number of hydrogen-bond donors (Lipinski definition) is 1. The highest BCUT2D eigenvalue weighted by molar-refractivity contribution is 5.49. The Balaban J connectivity index is 1.88. The fourth-order valence-electron chi connectivity index (χ4n) is 2.73. The van der Waals surface area contributed by atoms with Gasteiger partial charge in [0, 0.05) is 25.3 Å². The van der Waals surface area contributed by atoms with Gasteiger partial charge in [0.25, 0.3) is 0 Å². The maximum absolute atomic E-state index is 5.81. The molecule has 2 nitrogen and oxygen atoms in total. The largest absolute Gasteiger partial charge is 0.363 e. The van der Waals surface area contributed by atoms with Crippen molar-refractivity contribution in [2.75, 3.05) is 4.90 Å². The molecule has 116 valence electrons. The molecule has 0 aliphatic rings. The minimum absolute atomic E-state index is 0.568. The maximum atomic E-state index is 5.81. The molecular formula is C21H22N2. The Morgan fingerprint density at radius 2 is 1.13 bits per heavy atom. The molecule has 3 aromatic carbocycles. The average molecular weight is 302 g/mol. The molecule has 0 radical (unpaired) electrons. The van der Waals surface area contributed by atoms with Gasteiger partial charge >= 0.3 is 0 Å². The lowest BCUT2D eigenvalue weighted by molar-refractivity contribution is 0.798. The number of nitrogens with zero attached hydrogens (tertiary/aromatic N) is 1. The first-order valence-corrected chi connectivity index (χ1v) is 7.97. The van der Waals surface area contributed by atoms with Crippen molar-refractivity contribution in [1.29, 1.82) is 0 Å². The maximum Gasteiger partial charge on any atom is 0.0433 e. The zero-order chi connectivity index (χ0) is 15.9. The number of nitrogens with two attached hydrogens (primary N) is 1. The molecule has 3 aromatic rings. The van der Waals surface area contributed by atoms with Crippen LogP contribution in [0, 0.1) is 0 Å². The van der Waals surface area contributed by atoms with Crippen LogP contribution >= 0.6 is 0 Å². The van der Waals surface area contributed by atoms with E-state index in [0.717, 1.165) is 18.7 Å². The van der Waals surface area contributed by atoms with Gasteiger partial charge in [-0.05, 0) is 28.8 Å². The quantitative estimate of drug-likeness (QED) is 0.733. The predicted octanol–water partition coefficient (Wildman–Crippen LogP) is 4.35. The lowest BCUT2D eigenvalue weighted by atomic mass is 10.1. The summed E-state index contributed by atoms with van der Waals surface area (Å²) in [6, 6.07) is 29.7. The standard InChI is InChI=1S/C21H22N2/c22-15-20-12-7-13-21(14-20)23(16-18-8-3-1-4-9-18)17-19-10-5-2-6-11-19/h1-14H,15-17,22H2. The summed E-state index contributed by atoms with van der Waals surface area (Å²) in [5.74, 6) is 0. The van der Waals surface area contributed by atoms with E-state index >= 15 is 0 Å². The molecule has 2 N–H and O–H groups in total. The summed E-state index contributed by atoms with van der Waals surface area (Å²) in [6.45, 7) is 2.33. The third-order valence-electron chi connectivity index (χ3n) is 3.94. The summed E-state index contributed by atoms with van der Waals surface area (Å²) in [7, 11) is 0. The van der Waals surface area contributed by atoms with Crippen LogP contribution in [0.3, 0.4) is 0 Å². The van der Waals surface area contributed by atoms with Gasteiger partial charge in [-0.15, -0.1) is 0 Å². The zero-order valence-electron chi connectivity index (χ0n) is 13.2. The van der Waals surface area contributed by atoms with Crippen molar-refractivity contribution < 1.29 is 0 Å². The molecule has 0 unspecified atom stereocenters. The molecule has 0 spiro atoms. The minimum atomic E-state index is 0.568. The van der Waals surface area contributed by atoms with E-state index in [9.17, 15) is 0 Å². The van der Waals surface area contributed by atoms with Gasteiger partial charge in [-0.2, -0.15) is 0 Å². The van der Waals surface area contributed by atoms with Gasteiger partial charge in [-0.1, -0.05) is 72.8 Å². The first kappa shape index (κ1) is 15.3. The summed E-state index contributed by atoms with van der Waals surface area (Å²) < 4.78 is 0. The Morgan fingerprint density at radius 1 is 0.609 bits per heavy atom. The fourth-order valence-corrected chi connectivity index (χ4v) is 2.73. The number of rotatable bonds is 6. The van der Waals surface area contributed by atoms with Crippen molar-refractivity contribution in [3.8, 4) is 0 Å². The van der Waals surface area contributed by atoms with Crippen molar-refractivity contribution in [3.63, 3.8) is 0 Å². The summed E-state index contributed by atoms with van der Waals surface area (Å²) in [5, 5.41) is 0. The van der Waals surface area contributed by atoms with E-state index in [0.29, 0.717) is 6.54 Å². The molecule has 0 aliphatic carbocycles. The fraction of sp³-hybridized carbons (Fsp3) is 0.143. The highest BCUT2D eigenvalue weighted by Crippen LogP contribution is 2.21. The van der Waals surface area contributed by atoms with Crippen molar-refractivity contribution >= 4 is 5.69 Å². The molecule has 0 amide bonds. The second kappa shape index (κ2) is 7.61. The van der Waals surface area contributed by atoms with E-state index in [1.165, 1.54) is 16.8 Å². The first-order valence-electron chi connectivity index (χ1n) is 7.97. The van der Waals surface area contributed by atoms with Gasteiger partial charge < -0.3 is 10.6 Å². The van der Waals surface area contributed by atoms with Crippen molar-refractivity contribution in [2.24, 2.45) is 5.73 Å². The van der Waals surface area contributed by atoms with Crippen LogP contribution in [-0.4, -0.2) is 0 Å². The second-order valence-electron chi connectivity index (χ2n) is 5.70. The van der Waals surface area contributed by atoms with Crippen molar-refractivity contribution in [2.45, 2.75) is 19.6 Å². The highest BCUT2D eigenvalue weighted by atomic mass is 15.1. The molecule has 3 rings (SSSR count). The summed E-state index contributed by atoms with van der Waals surface area (Å²) in [4.78, 5) is 2.39. The van der Waals surface area contributed by atoms with E-state index in [-0.39, 0.29) is 0 Å².